The van der Waals surface area contributed by atoms with Gasteiger partial charge in [-0.2, -0.15) is 0 Å². The molecule has 4 heterocycles. The third-order valence-electron chi connectivity index (χ3n) is 8.74. The summed E-state index contributed by atoms with van der Waals surface area (Å²) >= 11 is 0. The van der Waals surface area contributed by atoms with Gasteiger partial charge in [0.15, 0.2) is 24.2 Å². The maximum Gasteiger partial charge on any atom is 0.508 e. The van der Waals surface area contributed by atoms with Gasteiger partial charge in [-0.25, -0.2) is 9.59 Å². The van der Waals surface area contributed by atoms with E-state index in [-0.39, 0.29) is 12.6 Å². The molecule has 19 nitrogen and oxygen atoms in total. The summed E-state index contributed by atoms with van der Waals surface area (Å²) in [5.74, 6) is -3.01. The smallest absolute Gasteiger partial charge is 0.456 e. The number of carbonyl (C=O) groups is 4. The number of nitrogens with two attached hydrogens (primary N) is 1. The zero-order valence-corrected chi connectivity index (χ0v) is 28.7. The van der Waals surface area contributed by atoms with Crippen molar-refractivity contribution in [3.63, 3.8) is 0 Å². The largest absolute Gasteiger partial charge is 0.508 e. The molecule has 7 N–H and O–H groups in total. The van der Waals surface area contributed by atoms with Crippen molar-refractivity contribution < 1.29 is 57.8 Å². The maximum atomic E-state index is 13.1. The van der Waals surface area contributed by atoms with E-state index in [1.165, 1.54) is 7.11 Å². The second-order valence-corrected chi connectivity index (χ2v) is 12.6. The van der Waals surface area contributed by atoms with Crippen LogP contribution in [0.15, 0.2) is 33.7 Å². The molecule has 51 heavy (non-hydrogen) atoms. The summed E-state index contributed by atoms with van der Waals surface area (Å²) in [6.45, 7) is 3.95. The Bertz CT molecular complexity index is 1530. The van der Waals surface area contributed by atoms with Crippen molar-refractivity contribution >= 4 is 23.9 Å². The third kappa shape index (κ3) is 10.2. The van der Waals surface area contributed by atoms with Crippen LogP contribution in [0.5, 0.6) is 0 Å². The topological polar surface area (TPSA) is 269 Å². The molecule has 1 aromatic rings. The fourth-order valence-corrected chi connectivity index (χ4v) is 6.04. The van der Waals surface area contributed by atoms with Crippen LogP contribution in [0.1, 0.15) is 71.4 Å². The molecule has 0 unspecified atom stereocenters. The highest BCUT2D eigenvalue weighted by molar-refractivity contribution is 5.95. The first kappa shape index (κ1) is 39.5. The van der Waals surface area contributed by atoms with Gasteiger partial charge in [0.2, 0.25) is 18.1 Å². The monoisotopic (exact) mass is 725 g/mol. The minimum absolute atomic E-state index is 0.0424. The lowest BCUT2D eigenvalue weighted by atomic mass is 10.0. The summed E-state index contributed by atoms with van der Waals surface area (Å²) in [5.41, 5.74) is 4.02. The Morgan fingerprint density at radius 1 is 1.12 bits per heavy atom. The second kappa shape index (κ2) is 18.3. The van der Waals surface area contributed by atoms with E-state index in [1.54, 1.807) is 0 Å². The van der Waals surface area contributed by atoms with Gasteiger partial charge in [0.1, 0.15) is 30.5 Å². The van der Waals surface area contributed by atoms with E-state index in [4.69, 9.17) is 34.2 Å². The Hall–Kier alpha value is -4.30. The number of aliphatic hydroxyl groups is 2. The molecule has 284 valence electrons. The van der Waals surface area contributed by atoms with Gasteiger partial charge in [0, 0.05) is 25.4 Å². The van der Waals surface area contributed by atoms with Crippen LogP contribution >= 0.6 is 0 Å². The first-order valence-corrected chi connectivity index (χ1v) is 17.0. The number of aromatic nitrogens is 2. The number of aliphatic hydroxyl groups excluding tert-OH is 2. The van der Waals surface area contributed by atoms with Crippen LogP contribution in [0.3, 0.4) is 0 Å². The molecule has 0 bridgehead atoms. The highest BCUT2D eigenvalue weighted by atomic mass is 16.8. The highest BCUT2D eigenvalue weighted by Gasteiger charge is 2.55. The van der Waals surface area contributed by atoms with Crippen molar-refractivity contribution in [2.75, 3.05) is 13.7 Å². The number of nitrogens with one attached hydrogen (secondary N) is 3. The normalized spacial score (nSPS) is 29.9. The summed E-state index contributed by atoms with van der Waals surface area (Å²) in [7, 11) is 1.19. The zero-order valence-electron chi connectivity index (χ0n) is 28.7. The van der Waals surface area contributed by atoms with E-state index in [0.29, 0.717) is 25.7 Å². The number of unbranched alkanes of at least 4 members (excludes halogenated alkanes) is 4. The van der Waals surface area contributed by atoms with Crippen LogP contribution in [-0.4, -0.2) is 112 Å². The molecule has 2 fully saturated rings. The molecule has 4 rings (SSSR count). The van der Waals surface area contributed by atoms with E-state index < -0.39 is 96.1 Å². The molecule has 3 aliphatic heterocycles. The predicted octanol–water partition coefficient (Wildman–Crippen LogP) is -1.05. The molecular formula is C32H47N5O14. The Balaban J connectivity index is 1.54. The van der Waals surface area contributed by atoms with Gasteiger partial charge in [0.25, 0.3) is 11.5 Å². The van der Waals surface area contributed by atoms with Gasteiger partial charge >= 0.3 is 11.8 Å². The van der Waals surface area contributed by atoms with E-state index in [2.05, 4.69) is 22.5 Å². The van der Waals surface area contributed by atoms with Crippen molar-refractivity contribution in [2.24, 2.45) is 5.73 Å². The molecule has 3 amide bonds. The number of aromatic amines is 1. The van der Waals surface area contributed by atoms with Crippen LogP contribution < -0.4 is 27.6 Å². The molecule has 1 aromatic heterocycles. The highest BCUT2D eigenvalue weighted by Crippen LogP contribution is 2.36. The number of rotatable bonds is 15. The van der Waals surface area contributed by atoms with E-state index in [0.717, 1.165) is 48.6 Å². The maximum absolute atomic E-state index is 13.1. The Kier molecular flexibility index (Phi) is 14.1. The van der Waals surface area contributed by atoms with Crippen molar-refractivity contribution in [2.45, 2.75) is 126 Å². The minimum Gasteiger partial charge on any atom is -0.456 e. The van der Waals surface area contributed by atoms with Crippen LogP contribution in [-0.2, 0) is 42.8 Å². The molecule has 0 aromatic carbocycles. The molecule has 3 aliphatic rings. The average molecular weight is 726 g/mol. The lowest BCUT2D eigenvalue weighted by molar-refractivity contribution is -0.241. The quantitative estimate of drug-likeness (QED) is 0.0931. The zero-order chi connectivity index (χ0) is 37.2. The van der Waals surface area contributed by atoms with Gasteiger partial charge in [-0.05, 0) is 38.7 Å². The van der Waals surface area contributed by atoms with E-state index in [9.17, 15) is 39.0 Å². The molecule has 0 saturated carbocycles. The Morgan fingerprint density at radius 2 is 1.86 bits per heavy atom. The minimum atomic E-state index is -1.90. The van der Waals surface area contributed by atoms with Crippen molar-refractivity contribution in [1.82, 2.24) is 20.2 Å². The Morgan fingerprint density at radius 3 is 2.55 bits per heavy atom. The van der Waals surface area contributed by atoms with Gasteiger partial charge in [-0.1, -0.05) is 32.6 Å². The number of H-pyrrole nitrogens is 1. The standard InChI is InChI=1S/C32H47N5O14/c1-4-5-6-7-8-14-47-32(45)51-25-22(46-3)23(49-29(25)37-13-12-20(39)36-31(37)44)24(26(33)41)50-30-21(40)18(38)15-19(48-30)28(43)35-17-11-9-10-16(2)34-27(17)42/h12-13,15-18,21-25,29-30,38,40H,4-11,14H2,1-3H3,(H2,33,41)(H,34,42)(H,35,43)(H,36,39,44)/t16-,17-,18-,21-,22+,23-,24+,25+,29+,30+/m0/s1. The number of hydrogen-bond donors (Lipinski definition) is 6. The third-order valence-corrected chi connectivity index (χ3v) is 8.74. The predicted molar refractivity (Wildman–Crippen MR) is 173 cm³/mol. The lowest BCUT2D eigenvalue weighted by Gasteiger charge is -2.35. The fraction of sp³-hybridized carbons (Fsp3) is 0.688. The second-order valence-electron chi connectivity index (χ2n) is 12.6. The van der Waals surface area contributed by atoms with Crippen molar-refractivity contribution in [1.29, 1.82) is 0 Å². The van der Waals surface area contributed by atoms with Gasteiger partial charge < -0.3 is 55.0 Å². The molecule has 0 aliphatic carbocycles. The van der Waals surface area contributed by atoms with Crippen LogP contribution in [0.2, 0.25) is 0 Å². The lowest BCUT2D eigenvalue weighted by Crippen LogP contribution is -2.54. The fourth-order valence-electron chi connectivity index (χ4n) is 6.04. The van der Waals surface area contributed by atoms with Gasteiger partial charge in [-0.3, -0.25) is 28.7 Å². The van der Waals surface area contributed by atoms with Crippen molar-refractivity contribution in [3.05, 3.63) is 44.9 Å². The molecular weight excluding hydrogens is 678 g/mol. The number of nitrogens with zero attached hydrogens (tertiary/aromatic N) is 1. The first-order valence-electron chi connectivity index (χ1n) is 17.0. The average Bonchev–Trinajstić information content (AvgIpc) is 3.33. The number of carbonyl (C=O) groups excluding carboxylic acids is 4. The first-order chi connectivity index (χ1) is 24.3. The molecule has 0 radical (unpaired) electrons. The number of primary amides is 1. The van der Waals surface area contributed by atoms with Crippen LogP contribution in [0.4, 0.5) is 4.79 Å². The van der Waals surface area contributed by atoms with E-state index >= 15 is 0 Å². The van der Waals surface area contributed by atoms with Gasteiger partial charge in [-0.15, -0.1) is 0 Å². The molecule has 10 atom stereocenters. The Labute approximate surface area is 292 Å². The molecule has 0 spiro atoms. The van der Waals surface area contributed by atoms with E-state index in [1.807, 2.05) is 6.92 Å². The summed E-state index contributed by atoms with van der Waals surface area (Å²) in [4.78, 5) is 78.0. The van der Waals surface area contributed by atoms with Gasteiger partial charge in [0.05, 0.1) is 6.61 Å². The number of ether oxygens (including phenoxy) is 6. The molecule has 19 heteroatoms. The number of hydrogen-bond acceptors (Lipinski definition) is 14. The number of methoxy groups -OCH3 is 1. The van der Waals surface area contributed by atoms with Crippen molar-refractivity contribution in [3.8, 4) is 0 Å². The summed E-state index contributed by atoms with van der Waals surface area (Å²) in [6, 6.07) is 0.0255. The van der Waals surface area contributed by atoms with Crippen LogP contribution in [0.25, 0.3) is 0 Å². The molecule has 2 saturated heterocycles. The number of amides is 3. The summed E-state index contributed by atoms with van der Waals surface area (Å²) < 4.78 is 34.5. The SMILES string of the molecule is CCCCCCCOC(=O)O[C@@H]1[C@H](OC)[C@@H]([C@@H](O[C@H]2OC(C(=O)N[C@H]3CCC[C@H](C)NC3=O)=C[C@H](O)[C@@H]2O)C(N)=O)O[C@H]1n1ccc(=O)[nH]c1=O. The van der Waals surface area contributed by atoms with Crippen LogP contribution in [0, 0.1) is 0 Å². The summed E-state index contributed by atoms with van der Waals surface area (Å²) in [6.07, 6.45) is -6.37. The summed E-state index contributed by atoms with van der Waals surface area (Å²) in [5, 5.41) is 26.6.